The Morgan fingerprint density at radius 3 is 2.39 bits per heavy atom. The van der Waals surface area contributed by atoms with Crippen LogP contribution < -0.4 is 10.2 Å². The van der Waals surface area contributed by atoms with Crippen molar-refractivity contribution < 1.29 is 4.79 Å². The molecule has 2 aromatic heterocycles. The Hall–Kier alpha value is -4.06. The average molecular weight is 409 g/mol. The van der Waals surface area contributed by atoms with Crippen molar-refractivity contribution in [3.8, 4) is 11.3 Å². The molecule has 0 bridgehead atoms. The molecule has 154 valence electrons. The van der Waals surface area contributed by atoms with Crippen LogP contribution in [0.3, 0.4) is 0 Å². The van der Waals surface area contributed by atoms with Crippen LogP contribution in [0.25, 0.3) is 11.3 Å². The molecule has 0 aliphatic rings. The van der Waals surface area contributed by atoms with Gasteiger partial charge in [-0.25, -0.2) is 9.97 Å². The zero-order chi connectivity index (χ0) is 21.3. The van der Waals surface area contributed by atoms with Crippen molar-refractivity contribution in [2.75, 3.05) is 16.8 Å². The van der Waals surface area contributed by atoms with Gasteiger partial charge in [-0.1, -0.05) is 48.5 Å². The van der Waals surface area contributed by atoms with Crippen molar-refractivity contribution in [2.45, 2.75) is 13.0 Å². The highest BCUT2D eigenvalue weighted by molar-refractivity contribution is 5.76. The van der Waals surface area contributed by atoms with Gasteiger partial charge in [0, 0.05) is 42.3 Å². The quantitative estimate of drug-likeness (QED) is 0.416. The Balaban J connectivity index is 1.41. The Bertz CT molecular complexity index is 1100. The number of carbonyl (C=O) groups excluding carboxylic acids is 1. The topological polar surface area (TPSA) is 71.0 Å². The van der Waals surface area contributed by atoms with Gasteiger partial charge in [-0.2, -0.15) is 0 Å². The Labute approximate surface area is 181 Å². The van der Waals surface area contributed by atoms with Gasteiger partial charge in [0.25, 0.3) is 0 Å². The molecule has 2 aromatic carbocycles. The number of benzene rings is 2. The summed E-state index contributed by atoms with van der Waals surface area (Å²) in [5, 5.41) is 3.25. The van der Waals surface area contributed by atoms with E-state index in [1.807, 2.05) is 78.9 Å². The van der Waals surface area contributed by atoms with Crippen molar-refractivity contribution >= 4 is 18.0 Å². The van der Waals surface area contributed by atoms with Gasteiger partial charge >= 0.3 is 0 Å². The summed E-state index contributed by atoms with van der Waals surface area (Å²) in [6, 6.07) is 25.5. The molecule has 4 aromatic rings. The van der Waals surface area contributed by atoms with Gasteiger partial charge in [0.15, 0.2) is 0 Å². The number of nitrogens with one attached hydrogen (secondary N) is 1. The van der Waals surface area contributed by atoms with E-state index in [-0.39, 0.29) is 0 Å². The number of rotatable bonds is 9. The van der Waals surface area contributed by atoms with Crippen LogP contribution in [0, 0.1) is 0 Å². The monoisotopic (exact) mass is 409 g/mol. The number of hydrogen-bond donors (Lipinski definition) is 1. The summed E-state index contributed by atoms with van der Waals surface area (Å²) in [6.45, 7) is 1.23. The van der Waals surface area contributed by atoms with E-state index in [0.29, 0.717) is 19.0 Å². The van der Waals surface area contributed by atoms with E-state index in [9.17, 15) is 4.79 Å². The molecule has 1 N–H and O–H groups in total. The smallest absolute Gasteiger partial charge is 0.223 e. The SMILES string of the molecule is O=CN(Cc1ccccc1)c1ccc(-c2ccnc(NCCc3ccccn3)n2)cc1. The van der Waals surface area contributed by atoms with E-state index in [4.69, 9.17) is 0 Å². The Kier molecular flexibility index (Phi) is 6.60. The molecule has 1 amide bonds. The van der Waals surface area contributed by atoms with Gasteiger partial charge in [0.2, 0.25) is 12.4 Å². The largest absolute Gasteiger partial charge is 0.354 e. The number of aromatic nitrogens is 3. The van der Waals surface area contributed by atoms with Crippen molar-refractivity contribution in [3.63, 3.8) is 0 Å². The number of nitrogens with zero attached hydrogens (tertiary/aromatic N) is 4. The van der Waals surface area contributed by atoms with E-state index in [1.165, 1.54) is 0 Å². The Morgan fingerprint density at radius 1 is 0.839 bits per heavy atom. The van der Waals surface area contributed by atoms with Gasteiger partial charge in [0.05, 0.1) is 12.2 Å². The van der Waals surface area contributed by atoms with Gasteiger partial charge in [0.1, 0.15) is 0 Å². The minimum atomic E-state index is 0.529. The van der Waals surface area contributed by atoms with Crippen LogP contribution in [0.1, 0.15) is 11.3 Å². The Morgan fingerprint density at radius 2 is 1.65 bits per heavy atom. The number of anilines is 2. The van der Waals surface area contributed by atoms with Crippen LogP contribution in [0.4, 0.5) is 11.6 Å². The van der Waals surface area contributed by atoms with Crippen LogP contribution in [-0.2, 0) is 17.8 Å². The van der Waals surface area contributed by atoms with Crippen LogP contribution in [0.2, 0.25) is 0 Å². The highest BCUT2D eigenvalue weighted by atomic mass is 16.1. The zero-order valence-corrected chi connectivity index (χ0v) is 17.1. The first-order valence-electron chi connectivity index (χ1n) is 10.1. The molecular weight excluding hydrogens is 386 g/mol. The number of hydrogen-bond acceptors (Lipinski definition) is 5. The zero-order valence-electron chi connectivity index (χ0n) is 17.1. The maximum absolute atomic E-state index is 11.6. The van der Waals surface area contributed by atoms with Crippen molar-refractivity contribution in [3.05, 3.63) is 103 Å². The molecule has 2 heterocycles. The summed E-state index contributed by atoms with van der Waals surface area (Å²) >= 11 is 0. The predicted octanol–water partition coefficient (Wildman–Crippen LogP) is 4.36. The summed E-state index contributed by atoms with van der Waals surface area (Å²) in [5.41, 5.74) is 4.73. The van der Waals surface area contributed by atoms with Crippen LogP contribution in [0.15, 0.2) is 91.3 Å². The van der Waals surface area contributed by atoms with Gasteiger partial charge in [-0.05, 0) is 35.9 Å². The van der Waals surface area contributed by atoms with Crippen LogP contribution in [-0.4, -0.2) is 27.9 Å². The van der Waals surface area contributed by atoms with Crippen LogP contribution >= 0.6 is 0 Å². The fourth-order valence-corrected chi connectivity index (χ4v) is 3.25. The number of carbonyl (C=O) groups is 1. The molecule has 6 heteroatoms. The molecule has 6 nitrogen and oxygen atoms in total. The lowest BCUT2D eigenvalue weighted by atomic mass is 10.1. The minimum Gasteiger partial charge on any atom is -0.354 e. The minimum absolute atomic E-state index is 0.529. The first-order chi connectivity index (χ1) is 15.3. The predicted molar refractivity (Wildman–Crippen MR) is 123 cm³/mol. The average Bonchev–Trinajstić information content (AvgIpc) is 2.84. The van der Waals surface area contributed by atoms with Crippen LogP contribution in [0.5, 0.6) is 0 Å². The number of pyridine rings is 1. The maximum Gasteiger partial charge on any atom is 0.223 e. The summed E-state index contributed by atoms with van der Waals surface area (Å²) in [7, 11) is 0. The second-order valence-electron chi connectivity index (χ2n) is 7.03. The summed E-state index contributed by atoms with van der Waals surface area (Å²) in [5.74, 6) is 0.580. The van der Waals surface area contributed by atoms with Crippen molar-refractivity contribution in [1.29, 1.82) is 0 Å². The van der Waals surface area contributed by atoms with E-state index >= 15 is 0 Å². The maximum atomic E-state index is 11.6. The molecule has 0 radical (unpaired) electrons. The molecule has 0 unspecified atom stereocenters. The third kappa shape index (κ3) is 5.51. The van der Waals surface area contributed by atoms with Gasteiger partial charge in [-0.3, -0.25) is 9.78 Å². The molecule has 0 atom stereocenters. The molecular formula is C25H23N5O. The fourth-order valence-electron chi connectivity index (χ4n) is 3.25. The van der Waals surface area contributed by atoms with E-state index < -0.39 is 0 Å². The lowest BCUT2D eigenvalue weighted by molar-refractivity contribution is -0.107. The molecule has 31 heavy (non-hydrogen) atoms. The first kappa shape index (κ1) is 20.2. The van der Waals surface area contributed by atoms with Crippen molar-refractivity contribution in [1.82, 2.24) is 15.0 Å². The third-order valence-corrected chi connectivity index (χ3v) is 4.86. The molecule has 0 spiro atoms. The molecule has 0 fully saturated rings. The third-order valence-electron chi connectivity index (χ3n) is 4.86. The van der Waals surface area contributed by atoms with Gasteiger partial charge < -0.3 is 10.2 Å². The molecule has 4 rings (SSSR count). The fraction of sp³-hybridized carbons (Fsp3) is 0.120. The van der Waals surface area contributed by atoms with Gasteiger partial charge in [-0.15, -0.1) is 0 Å². The second kappa shape index (κ2) is 10.1. The standard InChI is InChI=1S/C25H23N5O/c31-19-30(18-20-6-2-1-3-7-20)23-11-9-21(10-12-23)24-14-17-28-25(29-24)27-16-13-22-8-4-5-15-26-22/h1-12,14-15,17,19H,13,16,18H2,(H,27,28,29). The summed E-state index contributed by atoms with van der Waals surface area (Å²) in [6.07, 6.45) is 5.19. The lowest BCUT2D eigenvalue weighted by Gasteiger charge is -2.18. The summed E-state index contributed by atoms with van der Waals surface area (Å²) in [4.78, 5) is 26.5. The number of amides is 1. The molecule has 0 aliphatic carbocycles. The van der Waals surface area contributed by atoms with E-state index in [2.05, 4.69) is 20.3 Å². The van der Waals surface area contributed by atoms with Crippen molar-refractivity contribution in [2.24, 2.45) is 0 Å². The molecule has 0 saturated carbocycles. The second-order valence-corrected chi connectivity index (χ2v) is 7.03. The summed E-state index contributed by atoms with van der Waals surface area (Å²) < 4.78 is 0. The first-order valence-corrected chi connectivity index (χ1v) is 10.1. The van der Waals surface area contributed by atoms with E-state index in [0.717, 1.165) is 41.0 Å². The normalized spacial score (nSPS) is 10.5. The highest BCUT2D eigenvalue weighted by Gasteiger charge is 2.08. The van der Waals surface area contributed by atoms with E-state index in [1.54, 1.807) is 17.3 Å². The molecule has 0 aliphatic heterocycles. The highest BCUT2D eigenvalue weighted by Crippen LogP contribution is 2.23. The molecule has 0 saturated heterocycles. The lowest BCUT2D eigenvalue weighted by Crippen LogP contribution is -2.20.